The summed E-state index contributed by atoms with van der Waals surface area (Å²) in [6, 6.07) is 16.0. The number of nitrogens with one attached hydrogen (secondary N) is 1. The van der Waals surface area contributed by atoms with Crippen molar-refractivity contribution in [2.24, 2.45) is 0 Å². The molecule has 1 atom stereocenters. The van der Waals surface area contributed by atoms with Gasteiger partial charge in [-0.25, -0.2) is 17.5 Å². The summed E-state index contributed by atoms with van der Waals surface area (Å²) in [6.07, 6.45) is -0.215. The molecule has 1 saturated heterocycles. The van der Waals surface area contributed by atoms with Crippen molar-refractivity contribution in [2.75, 3.05) is 26.2 Å². The van der Waals surface area contributed by atoms with Gasteiger partial charge in [0, 0.05) is 38.2 Å². The number of hydrogen-bond donors (Lipinski definition) is 1. The Hall–Kier alpha value is -2.98. The minimum absolute atomic E-state index is 0.0715. The van der Waals surface area contributed by atoms with Crippen LogP contribution >= 0.6 is 23.2 Å². The van der Waals surface area contributed by atoms with Crippen molar-refractivity contribution in [3.05, 3.63) is 99.3 Å². The first kappa shape index (κ1) is 30.0. The predicted octanol–water partition coefficient (Wildman–Crippen LogP) is 5.65. The summed E-state index contributed by atoms with van der Waals surface area (Å²) in [5.74, 6) is -0.529. The maximum atomic E-state index is 13.6. The third-order valence-electron chi connectivity index (χ3n) is 6.90. The Bertz CT molecular complexity index is 1470. The van der Waals surface area contributed by atoms with Gasteiger partial charge in [0.1, 0.15) is 10.7 Å². The Labute approximate surface area is 243 Å². The fourth-order valence-electron chi connectivity index (χ4n) is 4.52. The van der Waals surface area contributed by atoms with Gasteiger partial charge in [0.15, 0.2) is 0 Å². The Morgan fingerprint density at radius 1 is 0.875 bits per heavy atom. The van der Waals surface area contributed by atoms with Crippen molar-refractivity contribution >= 4 is 45.0 Å². The molecule has 0 aromatic heterocycles. The van der Waals surface area contributed by atoms with Crippen LogP contribution in [0.2, 0.25) is 10.0 Å². The summed E-state index contributed by atoms with van der Waals surface area (Å²) >= 11 is 12.2. The first-order chi connectivity index (χ1) is 19.0. The van der Waals surface area contributed by atoms with E-state index in [0.717, 1.165) is 5.56 Å². The molecule has 0 spiro atoms. The maximum Gasteiger partial charge on any atom is 0.253 e. The molecule has 2 amide bonds. The normalized spacial score (nSPS) is 14.8. The van der Waals surface area contributed by atoms with Crippen LogP contribution in [0.1, 0.15) is 53.7 Å². The fourth-order valence-corrected chi connectivity index (χ4v) is 6.51. The molecule has 7 nitrogen and oxygen atoms in total. The molecule has 0 bridgehead atoms. The van der Waals surface area contributed by atoms with Gasteiger partial charge in [-0.15, -0.1) is 0 Å². The van der Waals surface area contributed by atoms with Crippen molar-refractivity contribution in [1.82, 2.24) is 14.5 Å². The van der Waals surface area contributed by atoms with Crippen LogP contribution in [0.25, 0.3) is 0 Å². The topological polar surface area (TPSA) is 86.8 Å². The van der Waals surface area contributed by atoms with E-state index < -0.39 is 21.9 Å². The van der Waals surface area contributed by atoms with Gasteiger partial charge in [-0.2, -0.15) is 0 Å². The van der Waals surface area contributed by atoms with Gasteiger partial charge >= 0.3 is 0 Å². The summed E-state index contributed by atoms with van der Waals surface area (Å²) < 4.78 is 42.6. The van der Waals surface area contributed by atoms with Gasteiger partial charge in [-0.1, -0.05) is 67.4 Å². The SMILES string of the molecule is CC(C)c1ccc(C(=O)N2CCN(C(=O)CC(NS(=O)(=O)c3cccc(Cl)c3Cl)c3ccc(F)cc3)CC2)cc1. The summed E-state index contributed by atoms with van der Waals surface area (Å²) in [4.78, 5) is 29.4. The third-order valence-corrected chi connectivity index (χ3v) is 9.34. The number of nitrogens with zero attached hydrogens (tertiary/aromatic N) is 2. The van der Waals surface area contributed by atoms with Crippen LogP contribution in [0.3, 0.4) is 0 Å². The highest BCUT2D eigenvalue weighted by molar-refractivity contribution is 7.89. The van der Waals surface area contributed by atoms with Crippen LogP contribution in [0.15, 0.2) is 71.6 Å². The first-order valence-corrected chi connectivity index (χ1v) is 15.1. The van der Waals surface area contributed by atoms with E-state index in [-0.39, 0.29) is 33.2 Å². The molecule has 1 heterocycles. The number of rotatable bonds is 8. The van der Waals surface area contributed by atoms with Gasteiger partial charge in [0.2, 0.25) is 15.9 Å². The highest BCUT2D eigenvalue weighted by Crippen LogP contribution is 2.31. The lowest BCUT2D eigenvalue weighted by Crippen LogP contribution is -2.51. The molecule has 11 heteroatoms. The summed E-state index contributed by atoms with van der Waals surface area (Å²) in [5.41, 5.74) is 2.15. The number of halogens is 3. The van der Waals surface area contributed by atoms with Gasteiger partial charge < -0.3 is 9.80 Å². The number of hydrogen-bond acceptors (Lipinski definition) is 4. The number of benzene rings is 3. The second kappa shape index (κ2) is 12.7. The smallest absolute Gasteiger partial charge is 0.253 e. The monoisotopic (exact) mass is 605 g/mol. The molecule has 212 valence electrons. The number of sulfonamides is 1. The average Bonchev–Trinajstić information content (AvgIpc) is 2.94. The standard InChI is InChI=1S/C29H30Cl2FN3O4S/c1-19(2)20-6-8-22(9-7-20)29(37)35-16-14-34(15-17-35)27(36)18-25(21-10-12-23(32)13-11-21)33-40(38,39)26-5-3-4-24(30)28(26)31/h3-13,19,25,33H,14-18H2,1-2H3. The lowest BCUT2D eigenvalue weighted by molar-refractivity contribution is -0.133. The highest BCUT2D eigenvalue weighted by Gasteiger charge is 2.30. The maximum absolute atomic E-state index is 13.6. The van der Waals surface area contributed by atoms with Gasteiger partial charge in [0.25, 0.3) is 5.91 Å². The van der Waals surface area contributed by atoms with Gasteiger partial charge in [-0.05, 0) is 53.4 Å². The number of carbonyl (C=O) groups is 2. The van der Waals surface area contributed by atoms with Crippen molar-refractivity contribution < 1.29 is 22.4 Å². The van der Waals surface area contributed by atoms with Crippen LogP contribution in [0.4, 0.5) is 4.39 Å². The van der Waals surface area contributed by atoms with Crippen molar-refractivity contribution in [3.63, 3.8) is 0 Å². The zero-order valence-electron chi connectivity index (χ0n) is 22.1. The Kier molecular flexibility index (Phi) is 9.51. The second-order valence-electron chi connectivity index (χ2n) is 9.93. The minimum Gasteiger partial charge on any atom is -0.339 e. The minimum atomic E-state index is -4.19. The molecule has 40 heavy (non-hydrogen) atoms. The average molecular weight is 607 g/mol. The molecule has 1 fully saturated rings. The summed E-state index contributed by atoms with van der Waals surface area (Å²) in [5, 5.41) is -0.0669. The molecule has 1 aliphatic rings. The van der Waals surface area contributed by atoms with Crippen molar-refractivity contribution in [2.45, 2.75) is 37.1 Å². The third kappa shape index (κ3) is 7.01. The molecule has 3 aromatic rings. The molecule has 3 aromatic carbocycles. The molecule has 4 rings (SSSR count). The van der Waals surface area contributed by atoms with Crippen molar-refractivity contribution in [1.29, 1.82) is 0 Å². The molecular weight excluding hydrogens is 576 g/mol. The molecular formula is C29H30Cl2FN3O4S. The molecule has 0 saturated carbocycles. The van der Waals surface area contributed by atoms with E-state index in [0.29, 0.717) is 43.2 Å². The number of carbonyl (C=O) groups excluding carboxylic acids is 2. The molecule has 0 radical (unpaired) electrons. The molecule has 1 aliphatic heterocycles. The van der Waals surface area contributed by atoms with E-state index in [1.165, 1.54) is 42.5 Å². The van der Waals surface area contributed by atoms with E-state index in [9.17, 15) is 22.4 Å². The van der Waals surface area contributed by atoms with E-state index in [2.05, 4.69) is 18.6 Å². The van der Waals surface area contributed by atoms with Crippen LogP contribution in [-0.4, -0.2) is 56.2 Å². The quantitative estimate of drug-likeness (QED) is 0.359. The van der Waals surface area contributed by atoms with Gasteiger partial charge in [-0.3, -0.25) is 9.59 Å². The highest BCUT2D eigenvalue weighted by atomic mass is 35.5. The number of piperazine rings is 1. The zero-order valence-corrected chi connectivity index (χ0v) is 24.4. The van der Waals surface area contributed by atoms with E-state index in [4.69, 9.17) is 23.2 Å². The second-order valence-corrected chi connectivity index (χ2v) is 12.4. The Morgan fingerprint density at radius 3 is 2.05 bits per heavy atom. The first-order valence-electron chi connectivity index (χ1n) is 12.8. The van der Waals surface area contributed by atoms with Gasteiger partial charge in [0.05, 0.1) is 16.1 Å². The van der Waals surface area contributed by atoms with E-state index >= 15 is 0 Å². The number of amides is 2. The largest absolute Gasteiger partial charge is 0.339 e. The van der Waals surface area contributed by atoms with Crippen LogP contribution in [-0.2, 0) is 14.8 Å². The lowest BCUT2D eigenvalue weighted by Gasteiger charge is -2.35. The lowest BCUT2D eigenvalue weighted by atomic mass is 10.0. The van der Waals surface area contributed by atoms with Crippen LogP contribution in [0, 0.1) is 5.82 Å². The Balaban J connectivity index is 1.45. The summed E-state index contributed by atoms with van der Waals surface area (Å²) in [7, 11) is -4.19. The fraction of sp³-hybridized carbons (Fsp3) is 0.310. The predicted molar refractivity (Wildman–Crippen MR) is 154 cm³/mol. The van der Waals surface area contributed by atoms with Crippen molar-refractivity contribution in [3.8, 4) is 0 Å². The Morgan fingerprint density at radius 2 is 1.45 bits per heavy atom. The van der Waals surface area contributed by atoms with Crippen LogP contribution in [0.5, 0.6) is 0 Å². The van der Waals surface area contributed by atoms with Crippen LogP contribution < -0.4 is 4.72 Å². The molecule has 1 unspecified atom stereocenters. The zero-order chi connectivity index (χ0) is 29.0. The molecule has 0 aliphatic carbocycles. The summed E-state index contributed by atoms with van der Waals surface area (Å²) in [6.45, 7) is 5.48. The van der Waals surface area contributed by atoms with E-state index in [1.54, 1.807) is 9.80 Å². The van der Waals surface area contributed by atoms with E-state index in [1.807, 2.05) is 24.3 Å². The molecule has 1 N–H and O–H groups in total.